The van der Waals surface area contributed by atoms with E-state index in [4.69, 9.17) is 10.2 Å². The third kappa shape index (κ3) is 2.41. The van der Waals surface area contributed by atoms with Crippen molar-refractivity contribution in [1.29, 1.82) is 0 Å². The lowest BCUT2D eigenvalue weighted by Crippen LogP contribution is -1.98. The number of carbonyl (C=O) groups excluding carboxylic acids is 1. The SMILES string of the molecule is O=C(O)c1cc(O)cc(C(=O)I)c1. The van der Waals surface area contributed by atoms with Crippen LogP contribution in [0.3, 0.4) is 0 Å². The second-order valence-electron chi connectivity index (χ2n) is 2.35. The Kier molecular flexibility index (Phi) is 2.86. The number of hydrogen-bond donors (Lipinski definition) is 2. The lowest BCUT2D eigenvalue weighted by molar-refractivity contribution is 0.0696. The van der Waals surface area contributed by atoms with Crippen LogP contribution in [-0.4, -0.2) is 20.0 Å². The van der Waals surface area contributed by atoms with Gasteiger partial charge in [0.1, 0.15) is 5.75 Å². The molecular formula is C8H5IO4. The van der Waals surface area contributed by atoms with Gasteiger partial charge in [-0.05, 0) is 18.2 Å². The van der Waals surface area contributed by atoms with E-state index in [9.17, 15) is 9.59 Å². The molecular weight excluding hydrogens is 287 g/mol. The molecule has 0 spiro atoms. The van der Waals surface area contributed by atoms with Crippen molar-refractivity contribution in [3.05, 3.63) is 29.3 Å². The van der Waals surface area contributed by atoms with Crippen LogP contribution in [0.5, 0.6) is 5.75 Å². The molecule has 0 heterocycles. The summed E-state index contributed by atoms with van der Waals surface area (Å²) in [4.78, 5) is 21.4. The van der Waals surface area contributed by atoms with Crippen molar-refractivity contribution in [1.82, 2.24) is 0 Å². The predicted molar refractivity (Wildman–Crippen MR) is 53.4 cm³/mol. The van der Waals surface area contributed by atoms with Gasteiger partial charge in [0.05, 0.1) is 5.56 Å². The standard InChI is InChI=1S/C8H5IO4/c9-7(11)4-1-5(8(12)13)3-6(10)2-4/h1-3,10H,(H,12,13). The zero-order valence-corrected chi connectivity index (χ0v) is 8.48. The molecule has 0 unspecified atom stereocenters. The van der Waals surface area contributed by atoms with Crippen molar-refractivity contribution >= 4 is 32.4 Å². The molecule has 0 radical (unpaired) electrons. The Balaban J connectivity index is 3.26. The van der Waals surface area contributed by atoms with Crippen molar-refractivity contribution in [3.8, 4) is 5.75 Å². The molecule has 0 bridgehead atoms. The van der Waals surface area contributed by atoms with Gasteiger partial charge in [0.2, 0.25) is 3.79 Å². The highest BCUT2D eigenvalue weighted by atomic mass is 127. The minimum absolute atomic E-state index is 0.0972. The number of hydrogen-bond acceptors (Lipinski definition) is 3. The van der Waals surface area contributed by atoms with Crippen molar-refractivity contribution in [2.75, 3.05) is 0 Å². The Morgan fingerprint density at radius 3 is 2.15 bits per heavy atom. The van der Waals surface area contributed by atoms with E-state index in [2.05, 4.69) is 0 Å². The van der Waals surface area contributed by atoms with E-state index in [1.54, 1.807) is 0 Å². The van der Waals surface area contributed by atoms with E-state index in [0.717, 1.165) is 6.07 Å². The smallest absolute Gasteiger partial charge is 0.335 e. The molecule has 4 nitrogen and oxygen atoms in total. The van der Waals surface area contributed by atoms with Gasteiger partial charge in [-0.3, -0.25) is 4.79 Å². The molecule has 0 fully saturated rings. The van der Waals surface area contributed by atoms with E-state index in [0.29, 0.717) is 0 Å². The predicted octanol–water partition coefficient (Wildman–Crippen LogP) is 1.67. The zero-order valence-electron chi connectivity index (χ0n) is 6.32. The van der Waals surface area contributed by atoms with Crippen molar-refractivity contribution in [3.63, 3.8) is 0 Å². The molecule has 5 heteroatoms. The van der Waals surface area contributed by atoms with Crippen LogP contribution in [0.15, 0.2) is 18.2 Å². The van der Waals surface area contributed by atoms with Gasteiger partial charge < -0.3 is 10.2 Å². The van der Waals surface area contributed by atoms with Gasteiger partial charge in [-0.2, -0.15) is 0 Å². The highest BCUT2D eigenvalue weighted by molar-refractivity contribution is 14.1. The average molecular weight is 292 g/mol. The number of carbonyl (C=O) groups is 2. The van der Waals surface area contributed by atoms with E-state index in [1.165, 1.54) is 34.7 Å². The maximum absolute atomic E-state index is 10.9. The van der Waals surface area contributed by atoms with Gasteiger partial charge >= 0.3 is 5.97 Å². The van der Waals surface area contributed by atoms with Crippen LogP contribution in [0.25, 0.3) is 0 Å². The Labute approximate surface area is 87.3 Å². The first kappa shape index (κ1) is 9.97. The first-order valence-electron chi connectivity index (χ1n) is 3.28. The van der Waals surface area contributed by atoms with Gasteiger partial charge in [0.25, 0.3) is 0 Å². The van der Waals surface area contributed by atoms with Gasteiger partial charge in [-0.1, -0.05) is 0 Å². The van der Waals surface area contributed by atoms with Gasteiger partial charge in [-0.15, -0.1) is 0 Å². The summed E-state index contributed by atoms with van der Waals surface area (Å²) in [6.45, 7) is 0. The third-order valence-electron chi connectivity index (χ3n) is 1.39. The summed E-state index contributed by atoms with van der Waals surface area (Å²) in [5, 5.41) is 17.7. The molecule has 0 aliphatic rings. The van der Waals surface area contributed by atoms with Crippen molar-refractivity contribution in [2.24, 2.45) is 0 Å². The zero-order chi connectivity index (χ0) is 10.0. The number of aromatic carboxylic acids is 1. The Bertz CT molecular complexity index is 340. The number of carboxylic acid groups (broad SMARTS) is 1. The second kappa shape index (κ2) is 3.73. The third-order valence-corrected chi connectivity index (χ3v) is 2.01. The summed E-state index contributed by atoms with van der Waals surface area (Å²) in [7, 11) is 0. The molecule has 1 aromatic rings. The summed E-state index contributed by atoms with van der Waals surface area (Å²) in [6.07, 6.45) is 0. The van der Waals surface area contributed by atoms with E-state index >= 15 is 0 Å². The fourth-order valence-corrected chi connectivity index (χ4v) is 1.16. The number of aromatic hydroxyl groups is 1. The summed E-state index contributed by atoms with van der Waals surface area (Å²) in [5.74, 6) is -1.39. The molecule has 0 aliphatic carbocycles. The maximum Gasteiger partial charge on any atom is 0.335 e. The van der Waals surface area contributed by atoms with Gasteiger partial charge in [-0.25, -0.2) is 4.79 Å². The largest absolute Gasteiger partial charge is 0.508 e. The normalized spacial score (nSPS) is 9.62. The summed E-state index contributed by atoms with van der Waals surface area (Å²) >= 11 is 1.52. The molecule has 1 rings (SSSR count). The number of halogens is 1. The van der Waals surface area contributed by atoms with Crippen LogP contribution in [0, 0.1) is 0 Å². The van der Waals surface area contributed by atoms with Crippen LogP contribution in [0.1, 0.15) is 20.7 Å². The van der Waals surface area contributed by atoms with E-state index in [-0.39, 0.29) is 20.7 Å². The van der Waals surface area contributed by atoms with Crippen LogP contribution < -0.4 is 0 Å². The van der Waals surface area contributed by atoms with Crippen LogP contribution >= 0.6 is 22.6 Å². The fraction of sp³-hybridized carbons (Fsp3) is 0. The first-order valence-corrected chi connectivity index (χ1v) is 4.36. The monoisotopic (exact) mass is 292 g/mol. The van der Waals surface area contributed by atoms with Crippen LogP contribution in [-0.2, 0) is 0 Å². The number of rotatable bonds is 2. The number of phenols is 1. The second-order valence-corrected chi connectivity index (χ2v) is 3.33. The topological polar surface area (TPSA) is 74.6 Å². The lowest BCUT2D eigenvalue weighted by Gasteiger charge is -1.99. The van der Waals surface area contributed by atoms with Gasteiger partial charge in [0.15, 0.2) is 0 Å². The molecule has 1 aromatic carbocycles. The number of carboxylic acids is 1. The average Bonchev–Trinajstić information content (AvgIpc) is 2.03. The fourth-order valence-electron chi connectivity index (χ4n) is 0.848. The van der Waals surface area contributed by atoms with E-state index in [1.807, 2.05) is 0 Å². The minimum Gasteiger partial charge on any atom is -0.508 e. The molecule has 0 atom stereocenters. The Hall–Kier alpha value is -1.11. The number of benzene rings is 1. The molecule has 0 aliphatic heterocycles. The van der Waals surface area contributed by atoms with Gasteiger partial charge in [0, 0.05) is 28.2 Å². The Morgan fingerprint density at radius 1 is 1.15 bits per heavy atom. The summed E-state index contributed by atoms with van der Waals surface area (Å²) < 4.78 is -0.309. The molecule has 2 N–H and O–H groups in total. The molecule has 13 heavy (non-hydrogen) atoms. The molecule has 68 valence electrons. The number of phenolic OH excluding ortho intramolecular Hbond substituents is 1. The highest BCUT2D eigenvalue weighted by Crippen LogP contribution is 2.17. The quantitative estimate of drug-likeness (QED) is 0.642. The summed E-state index contributed by atoms with van der Waals surface area (Å²) in [6, 6.07) is 3.53. The highest BCUT2D eigenvalue weighted by Gasteiger charge is 2.09. The van der Waals surface area contributed by atoms with Crippen molar-refractivity contribution in [2.45, 2.75) is 0 Å². The molecule has 0 saturated carbocycles. The van der Waals surface area contributed by atoms with Crippen LogP contribution in [0.4, 0.5) is 0 Å². The lowest BCUT2D eigenvalue weighted by atomic mass is 10.1. The molecule has 0 aromatic heterocycles. The maximum atomic E-state index is 10.9. The first-order chi connectivity index (χ1) is 6.00. The van der Waals surface area contributed by atoms with Crippen LogP contribution in [0.2, 0.25) is 0 Å². The van der Waals surface area contributed by atoms with E-state index < -0.39 is 5.97 Å². The Morgan fingerprint density at radius 2 is 1.69 bits per heavy atom. The van der Waals surface area contributed by atoms with Crippen molar-refractivity contribution < 1.29 is 19.8 Å². The molecule has 0 amide bonds. The minimum atomic E-state index is -1.17. The summed E-state index contributed by atoms with van der Waals surface area (Å²) in [5.41, 5.74) is 0.0815. The molecule has 0 saturated heterocycles.